The van der Waals surface area contributed by atoms with Gasteiger partial charge in [0.15, 0.2) is 0 Å². The van der Waals surface area contributed by atoms with Gasteiger partial charge in [-0.1, -0.05) is 6.08 Å². The van der Waals surface area contributed by atoms with Gasteiger partial charge < -0.3 is 15.0 Å². The lowest BCUT2D eigenvalue weighted by Gasteiger charge is -2.30. The summed E-state index contributed by atoms with van der Waals surface area (Å²) in [7, 11) is 0. The fourth-order valence-corrected chi connectivity index (χ4v) is 2.01. The summed E-state index contributed by atoms with van der Waals surface area (Å²) >= 11 is 0. The minimum atomic E-state index is -0.118. The number of ether oxygens (including phenoxy) is 1. The summed E-state index contributed by atoms with van der Waals surface area (Å²) < 4.78 is 5.24. The normalized spacial score (nSPS) is 19.8. The number of amides is 1. The van der Waals surface area contributed by atoms with Crippen molar-refractivity contribution in [3.8, 4) is 0 Å². The average Bonchev–Trinajstić information content (AvgIpc) is 2.36. The molecule has 0 unspecified atom stereocenters. The summed E-state index contributed by atoms with van der Waals surface area (Å²) in [5.41, 5.74) is 0. The molecule has 2 atom stereocenters. The van der Waals surface area contributed by atoms with E-state index in [1.165, 1.54) is 0 Å². The lowest BCUT2D eigenvalue weighted by molar-refractivity contribution is -0.137. The number of nitrogens with one attached hydrogen (secondary N) is 1. The Bertz CT molecular complexity index is 250. The number of hydrogen-bond donors (Lipinski definition) is 1. The van der Waals surface area contributed by atoms with Crippen molar-refractivity contribution >= 4 is 5.91 Å². The zero-order valence-corrected chi connectivity index (χ0v) is 10.9. The van der Waals surface area contributed by atoms with Gasteiger partial charge in [0.25, 0.3) is 0 Å². The van der Waals surface area contributed by atoms with E-state index in [1.807, 2.05) is 17.9 Å². The predicted octanol–water partition coefficient (Wildman–Crippen LogP) is 1.18. The van der Waals surface area contributed by atoms with Crippen LogP contribution in [0.1, 0.15) is 26.7 Å². The van der Waals surface area contributed by atoms with Gasteiger partial charge in [0.1, 0.15) is 0 Å². The second-order valence-electron chi connectivity index (χ2n) is 4.59. The third kappa shape index (κ3) is 4.88. The first kappa shape index (κ1) is 14.2. The van der Waals surface area contributed by atoms with Crippen LogP contribution in [0.3, 0.4) is 0 Å². The molecule has 0 radical (unpaired) electrons. The van der Waals surface area contributed by atoms with E-state index in [0.29, 0.717) is 32.3 Å². The number of hydrogen-bond acceptors (Lipinski definition) is 3. The van der Waals surface area contributed by atoms with Crippen LogP contribution in [0.4, 0.5) is 0 Å². The molecule has 17 heavy (non-hydrogen) atoms. The molecule has 0 bridgehead atoms. The predicted molar refractivity (Wildman–Crippen MR) is 68.9 cm³/mol. The molecule has 0 aromatic heterocycles. The maximum atomic E-state index is 12.1. The van der Waals surface area contributed by atoms with E-state index < -0.39 is 0 Å². The smallest absolute Gasteiger partial charge is 0.239 e. The van der Waals surface area contributed by atoms with Crippen LogP contribution in [0.25, 0.3) is 0 Å². The molecule has 0 aliphatic carbocycles. The molecule has 0 aromatic rings. The Morgan fingerprint density at radius 1 is 1.47 bits per heavy atom. The molecule has 1 rings (SSSR count). The Morgan fingerprint density at radius 2 is 2.12 bits per heavy atom. The van der Waals surface area contributed by atoms with Gasteiger partial charge in [0, 0.05) is 19.1 Å². The lowest BCUT2D eigenvalue weighted by Crippen LogP contribution is -2.50. The van der Waals surface area contributed by atoms with E-state index in [4.69, 9.17) is 4.74 Å². The highest BCUT2D eigenvalue weighted by atomic mass is 16.5. The molecule has 1 aliphatic heterocycles. The number of morpholine rings is 1. The van der Waals surface area contributed by atoms with Gasteiger partial charge in [-0.15, -0.1) is 6.58 Å². The van der Waals surface area contributed by atoms with E-state index in [9.17, 15) is 4.79 Å². The molecule has 0 spiro atoms. The SMILES string of the molecule is C=CCC[C@H](C)N[C@@H](C)C(=O)N1CCOCC1. The zero-order valence-electron chi connectivity index (χ0n) is 10.9. The van der Waals surface area contributed by atoms with E-state index >= 15 is 0 Å². The van der Waals surface area contributed by atoms with Crippen molar-refractivity contribution in [2.24, 2.45) is 0 Å². The molecule has 1 saturated heterocycles. The average molecular weight is 240 g/mol. The standard InChI is InChI=1S/C13H24N2O2/c1-4-5-6-11(2)14-12(3)13(16)15-7-9-17-10-8-15/h4,11-12,14H,1,5-10H2,2-3H3/t11-,12-/m0/s1. The summed E-state index contributed by atoms with van der Waals surface area (Å²) in [6, 6.07) is 0.223. The van der Waals surface area contributed by atoms with Gasteiger partial charge in [0.2, 0.25) is 5.91 Å². The fraction of sp³-hybridized carbons (Fsp3) is 0.769. The highest BCUT2D eigenvalue weighted by Crippen LogP contribution is 2.03. The van der Waals surface area contributed by atoms with Crippen molar-refractivity contribution in [3.63, 3.8) is 0 Å². The minimum absolute atomic E-state index is 0.118. The van der Waals surface area contributed by atoms with Crippen LogP contribution in [-0.2, 0) is 9.53 Å². The third-order valence-electron chi connectivity index (χ3n) is 3.03. The van der Waals surface area contributed by atoms with Crippen LogP contribution in [-0.4, -0.2) is 49.2 Å². The van der Waals surface area contributed by atoms with E-state index in [-0.39, 0.29) is 11.9 Å². The maximum Gasteiger partial charge on any atom is 0.239 e. The highest BCUT2D eigenvalue weighted by molar-refractivity contribution is 5.81. The first-order valence-electron chi connectivity index (χ1n) is 6.38. The molecule has 4 nitrogen and oxygen atoms in total. The second kappa shape index (κ2) is 7.45. The number of allylic oxidation sites excluding steroid dienone is 1. The van der Waals surface area contributed by atoms with Gasteiger partial charge in [-0.3, -0.25) is 4.79 Å². The topological polar surface area (TPSA) is 41.6 Å². The lowest BCUT2D eigenvalue weighted by atomic mass is 10.1. The van der Waals surface area contributed by atoms with Crippen LogP contribution in [0.2, 0.25) is 0 Å². The summed E-state index contributed by atoms with van der Waals surface area (Å²) in [5.74, 6) is 0.179. The Hall–Kier alpha value is -0.870. The molecule has 4 heteroatoms. The van der Waals surface area contributed by atoms with Crippen molar-refractivity contribution in [1.82, 2.24) is 10.2 Å². The fourth-order valence-electron chi connectivity index (χ4n) is 2.01. The molecule has 1 amide bonds. The van der Waals surface area contributed by atoms with Crippen LogP contribution >= 0.6 is 0 Å². The van der Waals surface area contributed by atoms with E-state index in [1.54, 1.807) is 0 Å². The third-order valence-corrected chi connectivity index (χ3v) is 3.03. The summed E-state index contributed by atoms with van der Waals surface area (Å²) in [5, 5.41) is 3.33. The summed E-state index contributed by atoms with van der Waals surface area (Å²) in [4.78, 5) is 14.0. The molecule has 0 aromatic carbocycles. The summed E-state index contributed by atoms with van der Waals surface area (Å²) in [6.07, 6.45) is 3.91. The maximum absolute atomic E-state index is 12.1. The van der Waals surface area contributed by atoms with Gasteiger partial charge in [0.05, 0.1) is 19.3 Å². The Kier molecular flexibility index (Phi) is 6.22. The number of nitrogens with zero attached hydrogens (tertiary/aromatic N) is 1. The number of carbonyl (C=O) groups is 1. The Morgan fingerprint density at radius 3 is 2.71 bits per heavy atom. The van der Waals surface area contributed by atoms with Gasteiger partial charge >= 0.3 is 0 Å². The van der Waals surface area contributed by atoms with Crippen LogP contribution < -0.4 is 5.32 Å². The summed E-state index contributed by atoms with van der Waals surface area (Å²) in [6.45, 7) is 10.5. The monoisotopic (exact) mass is 240 g/mol. The zero-order chi connectivity index (χ0) is 12.7. The van der Waals surface area contributed by atoms with Gasteiger partial charge in [-0.25, -0.2) is 0 Å². The largest absolute Gasteiger partial charge is 0.378 e. The Labute approximate surface area is 104 Å². The second-order valence-corrected chi connectivity index (χ2v) is 4.59. The van der Waals surface area contributed by atoms with E-state index in [0.717, 1.165) is 12.8 Å². The van der Waals surface area contributed by atoms with Gasteiger partial charge in [-0.2, -0.15) is 0 Å². The van der Waals surface area contributed by atoms with Gasteiger partial charge in [-0.05, 0) is 26.7 Å². The molecular weight excluding hydrogens is 216 g/mol. The molecule has 1 N–H and O–H groups in total. The highest BCUT2D eigenvalue weighted by Gasteiger charge is 2.22. The van der Waals surface area contributed by atoms with Crippen LogP contribution in [0.5, 0.6) is 0 Å². The van der Waals surface area contributed by atoms with Crippen molar-refractivity contribution in [3.05, 3.63) is 12.7 Å². The quantitative estimate of drug-likeness (QED) is 0.709. The molecule has 1 heterocycles. The number of rotatable bonds is 6. The molecule has 0 saturated carbocycles. The minimum Gasteiger partial charge on any atom is -0.378 e. The van der Waals surface area contributed by atoms with E-state index in [2.05, 4.69) is 18.8 Å². The Balaban J connectivity index is 2.32. The van der Waals surface area contributed by atoms with Crippen molar-refractivity contribution in [2.45, 2.75) is 38.8 Å². The van der Waals surface area contributed by atoms with Crippen molar-refractivity contribution in [1.29, 1.82) is 0 Å². The number of carbonyl (C=O) groups excluding carboxylic acids is 1. The van der Waals surface area contributed by atoms with Crippen LogP contribution in [0, 0.1) is 0 Å². The van der Waals surface area contributed by atoms with Crippen LogP contribution in [0.15, 0.2) is 12.7 Å². The molecule has 1 aliphatic rings. The van der Waals surface area contributed by atoms with Crippen molar-refractivity contribution < 1.29 is 9.53 Å². The first-order valence-corrected chi connectivity index (χ1v) is 6.38. The molecule has 1 fully saturated rings. The first-order chi connectivity index (χ1) is 8.15. The molecular formula is C13H24N2O2. The van der Waals surface area contributed by atoms with Crippen molar-refractivity contribution in [2.75, 3.05) is 26.3 Å². The molecule has 98 valence electrons.